The predicted octanol–water partition coefficient (Wildman–Crippen LogP) is 7.54. The van der Waals surface area contributed by atoms with Crippen molar-refractivity contribution in [2.75, 3.05) is 0 Å². The van der Waals surface area contributed by atoms with E-state index in [1.807, 2.05) is 5.21 Å². The molecular weight excluding hydrogens is 502 g/mol. The van der Waals surface area contributed by atoms with Crippen molar-refractivity contribution in [1.29, 1.82) is 0 Å². The summed E-state index contributed by atoms with van der Waals surface area (Å²) in [4.78, 5) is 0. The molecular formula is C22H36U. The zero-order valence-corrected chi connectivity index (χ0v) is 21.7. The van der Waals surface area contributed by atoms with Crippen LogP contribution in [0.25, 0.3) is 0 Å². The second-order valence-corrected chi connectivity index (χ2v) is 27.1. The van der Waals surface area contributed by atoms with Gasteiger partial charge < -0.3 is 0 Å². The molecule has 0 aromatic heterocycles. The maximum absolute atomic E-state index is 2.90. The molecule has 23 heavy (non-hydrogen) atoms. The summed E-state index contributed by atoms with van der Waals surface area (Å²) in [7, 11) is 0. The topological polar surface area (TPSA) is 0 Å². The first-order chi connectivity index (χ1) is 10.2. The minimum atomic E-state index is -2.90. The molecule has 128 valence electrons. The van der Waals surface area contributed by atoms with E-state index < -0.39 is 24.4 Å². The van der Waals surface area contributed by atoms with Crippen LogP contribution in [0.4, 0.5) is 0 Å². The number of hydrogen-bond acceptors (Lipinski definition) is 0. The molecule has 2 rings (SSSR count). The number of allylic oxidation sites excluding steroid dienone is 8. The molecule has 2 aliphatic rings. The van der Waals surface area contributed by atoms with Gasteiger partial charge in [0.1, 0.15) is 0 Å². The molecule has 0 nitrogen and oxygen atoms in total. The van der Waals surface area contributed by atoms with Crippen LogP contribution in [-0.2, 0) is 0 Å². The monoisotopic (exact) mass is 538 g/mol. The average Bonchev–Trinajstić information content (AvgIpc) is 2.66. The molecule has 0 saturated carbocycles. The SMILES string of the molecule is CC1=C(C)C(C)(C)[C]([U]([CH3])([CH3])[C]2=C(C)C(C)=C(C)C2(C)C)=C1C. The molecule has 0 aliphatic heterocycles. The minimum absolute atomic E-state index is 0.246. The van der Waals surface area contributed by atoms with E-state index in [9.17, 15) is 0 Å². The van der Waals surface area contributed by atoms with Crippen LogP contribution in [0.15, 0.2) is 38.7 Å². The molecule has 2 aliphatic carbocycles. The van der Waals surface area contributed by atoms with Crippen LogP contribution in [0, 0.1) is 35.2 Å². The molecule has 0 aromatic rings. The first-order valence-corrected chi connectivity index (χ1v) is 21.5. The molecule has 1 heteroatoms. The van der Waals surface area contributed by atoms with Crippen LogP contribution in [-0.4, -0.2) is 0 Å². The fourth-order valence-corrected chi connectivity index (χ4v) is 30.8. The van der Waals surface area contributed by atoms with Gasteiger partial charge >= 0.3 is 151 Å². The average molecular weight is 539 g/mol. The Bertz CT molecular complexity index is 640. The molecule has 0 fully saturated rings. The quantitative estimate of drug-likeness (QED) is 0.341. The normalized spacial score (nSPS) is 24.5. The molecule has 0 N–H and O–H groups in total. The molecule has 0 bridgehead atoms. The van der Waals surface area contributed by atoms with Crippen molar-refractivity contribution in [2.24, 2.45) is 10.8 Å². The molecule has 0 unspecified atom stereocenters. The van der Waals surface area contributed by atoms with Crippen molar-refractivity contribution < 1.29 is 24.4 Å². The zero-order chi connectivity index (χ0) is 18.1. The van der Waals surface area contributed by atoms with Crippen LogP contribution in [0.2, 0.25) is 7.92 Å². The van der Waals surface area contributed by atoms with Crippen molar-refractivity contribution in [3.63, 3.8) is 0 Å². The second kappa shape index (κ2) is 5.51. The van der Waals surface area contributed by atoms with Crippen molar-refractivity contribution >= 4 is 0 Å². The third-order valence-electron chi connectivity index (χ3n) is 7.38. The molecule has 0 spiro atoms. The van der Waals surface area contributed by atoms with E-state index in [4.69, 9.17) is 0 Å². The summed E-state index contributed by atoms with van der Waals surface area (Å²) in [5.74, 6) is 0. The van der Waals surface area contributed by atoms with Crippen molar-refractivity contribution in [3.05, 3.63) is 38.7 Å². The van der Waals surface area contributed by atoms with Crippen LogP contribution < -0.4 is 0 Å². The number of rotatable bonds is 2. The van der Waals surface area contributed by atoms with Gasteiger partial charge in [0.05, 0.1) is 0 Å². The summed E-state index contributed by atoms with van der Waals surface area (Å²) in [5, 5.41) is 0. The summed E-state index contributed by atoms with van der Waals surface area (Å²) < 4.78 is 9.05. The van der Waals surface area contributed by atoms with E-state index in [1.165, 1.54) is 0 Å². The third kappa shape index (κ3) is 2.45. The summed E-state index contributed by atoms with van der Waals surface area (Å²) in [5.41, 5.74) is 10.0. The standard InChI is InChI=1S/2C10H15.2CH3.U/c2*1-7-6-10(4,5)9(3)8(7)2;;;/h2*1-5H3;2*1H3;. The molecule has 0 aromatic carbocycles. The van der Waals surface area contributed by atoms with Gasteiger partial charge in [0.2, 0.25) is 0 Å². The van der Waals surface area contributed by atoms with E-state index >= 15 is 0 Å². The Morgan fingerprint density at radius 2 is 0.783 bits per heavy atom. The fraction of sp³-hybridized carbons (Fsp3) is 0.636. The van der Waals surface area contributed by atoms with Gasteiger partial charge in [-0.25, -0.2) is 0 Å². The van der Waals surface area contributed by atoms with Crippen LogP contribution in [0.1, 0.15) is 69.2 Å². The maximum atomic E-state index is 2.68. The molecule has 0 heterocycles. The van der Waals surface area contributed by atoms with E-state index in [2.05, 4.69) is 77.2 Å². The van der Waals surface area contributed by atoms with Crippen molar-refractivity contribution in [3.8, 4) is 0 Å². The van der Waals surface area contributed by atoms with E-state index in [0.717, 1.165) is 0 Å². The second-order valence-electron chi connectivity index (χ2n) is 9.38. The van der Waals surface area contributed by atoms with Gasteiger partial charge in [-0.05, 0) is 0 Å². The zero-order valence-electron chi connectivity index (χ0n) is 17.5. The van der Waals surface area contributed by atoms with Gasteiger partial charge in [0.25, 0.3) is 0 Å². The molecule has 0 radical (unpaired) electrons. The van der Waals surface area contributed by atoms with Gasteiger partial charge in [0, 0.05) is 0 Å². The Labute approximate surface area is 150 Å². The predicted molar refractivity (Wildman–Crippen MR) is 101 cm³/mol. The Morgan fingerprint density at radius 3 is 0.957 bits per heavy atom. The van der Waals surface area contributed by atoms with Crippen LogP contribution in [0.3, 0.4) is 0 Å². The Hall–Kier alpha value is 0.0119. The summed E-state index contributed by atoms with van der Waals surface area (Å²) in [6, 6.07) is 0. The van der Waals surface area contributed by atoms with Crippen molar-refractivity contribution in [2.45, 2.75) is 77.2 Å². The number of hydrogen-bond donors (Lipinski definition) is 0. The van der Waals surface area contributed by atoms with Gasteiger partial charge in [-0.1, -0.05) is 0 Å². The van der Waals surface area contributed by atoms with Gasteiger partial charge in [-0.3, -0.25) is 0 Å². The Kier molecular flexibility index (Phi) is 4.63. The van der Waals surface area contributed by atoms with Gasteiger partial charge in [0.15, 0.2) is 0 Å². The Morgan fingerprint density at radius 1 is 0.522 bits per heavy atom. The summed E-state index contributed by atoms with van der Waals surface area (Å²) >= 11 is -2.90. The molecule has 0 saturated heterocycles. The van der Waals surface area contributed by atoms with E-state index in [0.29, 0.717) is 0 Å². The molecule has 0 amide bonds. The first-order valence-electron chi connectivity index (χ1n) is 9.00. The first kappa shape index (κ1) is 19.3. The van der Waals surface area contributed by atoms with Gasteiger partial charge in [-0.15, -0.1) is 0 Å². The van der Waals surface area contributed by atoms with E-state index in [1.54, 1.807) is 33.4 Å². The van der Waals surface area contributed by atoms with Crippen molar-refractivity contribution in [1.82, 2.24) is 0 Å². The van der Waals surface area contributed by atoms with Crippen LogP contribution in [0.5, 0.6) is 0 Å². The summed E-state index contributed by atoms with van der Waals surface area (Å²) in [6.07, 6.45) is 0. The van der Waals surface area contributed by atoms with E-state index in [-0.39, 0.29) is 10.8 Å². The fourth-order valence-electron chi connectivity index (χ4n) is 5.81. The third-order valence-corrected chi connectivity index (χ3v) is 26.1. The molecule has 0 atom stereocenters. The Balaban J connectivity index is 2.72. The van der Waals surface area contributed by atoms with Gasteiger partial charge in [-0.2, -0.15) is 0 Å². The van der Waals surface area contributed by atoms with Crippen LogP contribution >= 0.6 is 0 Å². The summed E-state index contributed by atoms with van der Waals surface area (Å²) in [6.45, 7) is 24.0.